The molecular weight excluding hydrogens is 240 g/mol. The summed E-state index contributed by atoms with van der Waals surface area (Å²) >= 11 is 0. The van der Waals surface area contributed by atoms with E-state index in [-0.39, 0.29) is 0 Å². The zero-order chi connectivity index (χ0) is 14.8. The van der Waals surface area contributed by atoms with Crippen LogP contribution in [0.2, 0.25) is 0 Å². The second-order valence-electron chi connectivity index (χ2n) is 7.87. The molecule has 1 saturated carbocycles. The molecule has 0 unspecified atom stereocenters. The molecule has 1 fully saturated rings. The van der Waals surface area contributed by atoms with Crippen LogP contribution >= 0.6 is 0 Å². The van der Waals surface area contributed by atoms with E-state index in [4.69, 9.17) is 0 Å². The van der Waals surface area contributed by atoms with Gasteiger partial charge < -0.3 is 0 Å². The Balaban J connectivity index is 1.98. The quantitative estimate of drug-likeness (QED) is 0.405. The summed E-state index contributed by atoms with van der Waals surface area (Å²) in [5.41, 5.74) is 3.67. The molecule has 0 aromatic rings. The van der Waals surface area contributed by atoms with E-state index in [9.17, 15) is 0 Å². The van der Waals surface area contributed by atoms with Gasteiger partial charge in [-0.1, -0.05) is 30.2 Å². The summed E-state index contributed by atoms with van der Waals surface area (Å²) in [6, 6.07) is 0. The van der Waals surface area contributed by atoms with Gasteiger partial charge in [-0.15, -0.1) is 0 Å². The summed E-state index contributed by atoms with van der Waals surface area (Å²) in [6.45, 7) is 11.7. The molecule has 0 amide bonds. The number of allylic oxidation sites excluding steroid dienone is 4. The second kappa shape index (κ2) is 6.41. The molecule has 0 bridgehead atoms. The fraction of sp³-hybridized carbons (Fsp3) is 0.750. The van der Waals surface area contributed by atoms with Crippen LogP contribution in [0, 0.1) is 23.2 Å². The smallest absolute Gasteiger partial charge is 0.0851 e. The molecule has 2 aliphatic carbocycles. The second-order valence-corrected chi connectivity index (χ2v) is 7.87. The highest BCUT2D eigenvalue weighted by atomic mass is 14.5. The fourth-order valence-corrected chi connectivity index (χ4v) is 4.42. The van der Waals surface area contributed by atoms with Crippen molar-refractivity contribution in [1.29, 1.82) is 0 Å². The summed E-state index contributed by atoms with van der Waals surface area (Å²) in [5, 5.41) is 0. The summed E-state index contributed by atoms with van der Waals surface area (Å²) in [6.07, 6.45) is 14.4. The predicted molar refractivity (Wildman–Crippen MR) is 89.5 cm³/mol. The summed E-state index contributed by atoms with van der Waals surface area (Å²) in [7, 11) is 0. The van der Waals surface area contributed by atoms with Gasteiger partial charge >= 0.3 is 0 Å². The van der Waals surface area contributed by atoms with Gasteiger partial charge in [0.1, 0.15) is 5.92 Å². The molecule has 20 heavy (non-hydrogen) atoms. The first-order chi connectivity index (χ1) is 9.42. The molecule has 0 heterocycles. The number of hydrogen-bond acceptors (Lipinski definition) is 0. The number of rotatable bonds is 4. The van der Waals surface area contributed by atoms with Crippen LogP contribution in [-0.4, -0.2) is 0 Å². The molecule has 0 aliphatic heterocycles. The minimum absolute atomic E-state index is 0.584. The largest absolute Gasteiger partial charge is 0.103 e. The Bertz CT molecular complexity index is 383. The molecule has 3 atom stereocenters. The molecule has 0 N–H and O–H groups in total. The predicted octanol–water partition coefficient (Wildman–Crippen LogP) is 6.49. The van der Waals surface area contributed by atoms with Gasteiger partial charge in [-0.25, -0.2) is 0 Å². The van der Waals surface area contributed by atoms with Crippen molar-refractivity contribution < 1.29 is 0 Å². The molecule has 112 valence electrons. The van der Waals surface area contributed by atoms with Gasteiger partial charge in [-0.3, -0.25) is 0 Å². The molecule has 2 aliphatic rings. The molecule has 0 radical (unpaired) electrons. The van der Waals surface area contributed by atoms with E-state index in [1.807, 2.05) is 0 Å². The zero-order valence-corrected chi connectivity index (χ0v) is 14.3. The summed E-state index contributed by atoms with van der Waals surface area (Å²) in [4.78, 5) is 0. The maximum absolute atomic E-state index is 2.55. The molecule has 0 aromatic carbocycles. The highest BCUT2D eigenvalue weighted by molar-refractivity contribution is 5.13. The Hall–Kier alpha value is -0.650. The van der Waals surface area contributed by atoms with Crippen LogP contribution in [0.1, 0.15) is 79.6 Å². The van der Waals surface area contributed by atoms with Crippen LogP contribution in [-0.2, 0) is 0 Å². The minimum Gasteiger partial charge on any atom is -0.0851 e. The Morgan fingerprint density at radius 3 is 2.85 bits per heavy atom. The van der Waals surface area contributed by atoms with Crippen molar-refractivity contribution in [2.45, 2.75) is 79.6 Å². The van der Waals surface area contributed by atoms with Crippen molar-refractivity contribution >= 4 is 0 Å². The molecule has 0 saturated heterocycles. The van der Waals surface area contributed by atoms with Crippen LogP contribution < -0.4 is 0 Å². The Morgan fingerprint density at radius 2 is 2.15 bits per heavy atom. The third kappa shape index (κ3) is 3.51. The molecule has 0 aromatic heterocycles. The van der Waals surface area contributed by atoms with E-state index in [1.165, 1.54) is 50.5 Å². The monoisotopic (exact) mass is 273 g/mol. The van der Waals surface area contributed by atoms with Crippen molar-refractivity contribution in [2.24, 2.45) is 17.3 Å². The first-order valence-electron chi connectivity index (χ1n) is 8.54. The standard InChI is InChI=1S/C20H33/c1-15(2)7-6-8-17(4)18-12-14-20(5)13-11-16(3)9-10-19(18)20/h7,11,18-19H,6,8-10,12-14H2,1-5H3/q+1/t18-,19+,20+/m0/s1. The van der Waals surface area contributed by atoms with E-state index in [2.05, 4.69) is 46.8 Å². The van der Waals surface area contributed by atoms with Crippen LogP contribution in [0.3, 0.4) is 0 Å². The lowest BCUT2D eigenvalue weighted by atomic mass is 9.70. The van der Waals surface area contributed by atoms with Crippen LogP contribution in [0.5, 0.6) is 0 Å². The van der Waals surface area contributed by atoms with E-state index in [1.54, 1.807) is 11.5 Å². The van der Waals surface area contributed by atoms with Crippen molar-refractivity contribution in [2.75, 3.05) is 0 Å². The topological polar surface area (TPSA) is 0 Å². The van der Waals surface area contributed by atoms with Crippen molar-refractivity contribution in [3.8, 4) is 0 Å². The highest BCUT2D eigenvalue weighted by Gasteiger charge is 2.50. The normalized spacial score (nSPS) is 33.1. The lowest BCUT2D eigenvalue weighted by Crippen LogP contribution is -2.26. The van der Waals surface area contributed by atoms with Crippen LogP contribution in [0.25, 0.3) is 0 Å². The molecule has 0 heteroatoms. The first-order valence-corrected chi connectivity index (χ1v) is 8.54. The fourth-order valence-electron chi connectivity index (χ4n) is 4.42. The average molecular weight is 273 g/mol. The molecule has 0 spiro atoms. The van der Waals surface area contributed by atoms with Crippen LogP contribution in [0.15, 0.2) is 23.3 Å². The first kappa shape index (κ1) is 15.7. The average Bonchev–Trinajstić information content (AvgIpc) is 2.64. The SMILES string of the molecule is CC(C)=CCC[C+](C)[C@@H]1CC[C@@]2(C)CC=C(C)CC[C@H]12. The van der Waals surface area contributed by atoms with Gasteiger partial charge in [-0.2, -0.15) is 0 Å². The zero-order valence-electron chi connectivity index (χ0n) is 14.3. The third-order valence-corrected chi connectivity index (χ3v) is 5.90. The van der Waals surface area contributed by atoms with Gasteiger partial charge in [0.2, 0.25) is 0 Å². The lowest BCUT2D eigenvalue weighted by molar-refractivity contribution is 0.191. The van der Waals surface area contributed by atoms with Gasteiger partial charge in [0.05, 0.1) is 19.3 Å². The van der Waals surface area contributed by atoms with Crippen LogP contribution in [0.4, 0.5) is 0 Å². The number of hydrogen-bond donors (Lipinski definition) is 0. The van der Waals surface area contributed by atoms with Crippen molar-refractivity contribution in [3.05, 3.63) is 29.2 Å². The van der Waals surface area contributed by atoms with Crippen molar-refractivity contribution in [3.63, 3.8) is 0 Å². The summed E-state index contributed by atoms with van der Waals surface area (Å²) < 4.78 is 0. The Kier molecular flexibility index (Phi) is 5.04. The van der Waals surface area contributed by atoms with Gasteiger partial charge in [0, 0.05) is 12.3 Å². The number of fused-ring (bicyclic) bond motifs is 1. The van der Waals surface area contributed by atoms with E-state index >= 15 is 0 Å². The van der Waals surface area contributed by atoms with E-state index < -0.39 is 0 Å². The Morgan fingerprint density at radius 1 is 1.40 bits per heavy atom. The maximum Gasteiger partial charge on any atom is 0.103 e. The van der Waals surface area contributed by atoms with E-state index in [0.717, 1.165) is 11.8 Å². The Labute approximate surface area is 126 Å². The lowest BCUT2D eigenvalue weighted by Gasteiger charge is -2.30. The maximum atomic E-state index is 2.55. The van der Waals surface area contributed by atoms with Gasteiger partial charge in [-0.05, 0) is 58.3 Å². The van der Waals surface area contributed by atoms with Gasteiger partial charge in [0.25, 0.3) is 0 Å². The van der Waals surface area contributed by atoms with Gasteiger partial charge in [0.15, 0.2) is 0 Å². The van der Waals surface area contributed by atoms with Crippen molar-refractivity contribution in [1.82, 2.24) is 0 Å². The third-order valence-electron chi connectivity index (χ3n) is 5.90. The molecule has 2 rings (SSSR count). The minimum atomic E-state index is 0.584. The molecule has 0 nitrogen and oxygen atoms in total. The summed E-state index contributed by atoms with van der Waals surface area (Å²) in [5.74, 6) is 3.60. The van der Waals surface area contributed by atoms with E-state index in [0.29, 0.717) is 5.41 Å². The highest BCUT2D eigenvalue weighted by Crippen LogP contribution is 2.56. The molecular formula is C20H33+.